The van der Waals surface area contributed by atoms with Crippen molar-refractivity contribution in [1.29, 1.82) is 0 Å². The molecular weight excluding hydrogens is 244 g/mol. The maximum absolute atomic E-state index is 12.1. The average molecular weight is 264 g/mol. The largest absolute Gasteiger partial charge is 0.469 e. The van der Waals surface area contributed by atoms with Gasteiger partial charge in [-0.3, -0.25) is 4.79 Å². The summed E-state index contributed by atoms with van der Waals surface area (Å²) in [5.41, 5.74) is 0. The number of carbonyl (C=O) groups excluding carboxylic acids is 1. The Kier molecular flexibility index (Phi) is 3.60. The monoisotopic (exact) mass is 264 g/mol. The minimum absolute atomic E-state index is 0.00549. The molecule has 2 fully saturated rings. The van der Waals surface area contributed by atoms with Crippen molar-refractivity contribution in [3.05, 3.63) is 24.2 Å². The van der Waals surface area contributed by atoms with E-state index >= 15 is 0 Å². The molecule has 3 rings (SSSR count). The molecule has 4 atom stereocenters. The first kappa shape index (κ1) is 12.7. The second-order valence-corrected chi connectivity index (χ2v) is 5.55. The summed E-state index contributed by atoms with van der Waals surface area (Å²) in [4.78, 5) is 12.1. The molecule has 0 saturated heterocycles. The highest BCUT2D eigenvalue weighted by Crippen LogP contribution is 2.48. The quantitative estimate of drug-likeness (QED) is 0.785. The van der Waals surface area contributed by atoms with Gasteiger partial charge in [-0.25, -0.2) is 0 Å². The molecule has 2 aliphatic rings. The highest BCUT2D eigenvalue weighted by Gasteiger charge is 2.47. The third-order valence-electron chi connectivity index (χ3n) is 4.20. The maximum Gasteiger partial charge on any atom is 0.309 e. The van der Waals surface area contributed by atoms with Crippen LogP contribution in [-0.2, 0) is 14.3 Å². The summed E-state index contributed by atoms with van der Waals surface area (Å²) in [6.07, 6.45) is 6.72. The lowest BCUT2D eigenvalue weighted by atomic mass is 9.95. The standard InChI is InChI=1S/C15H20O4/c1-17-10-4-2-5-11(8-10)19-15(16)13-9-12(13)14-6-3-7-18-14/h3,6-7,10-13H,2,4-5,8-9H2,1H3. The minimum Gasteiger partial charge on any atom is -0.469 e. The van der Waals surface area contributed by atoms with Gasteiger partial charge in [0.25, 0.3) is 0 Å². The van der Waals surface area contributed by atoms with Crippen LogP contribution in [0, 0.1) is 5.92 Å². The summed E-state index contributed by atoms with van der Waals surface area (Å²) in [6, 6.07) is 3.79. The molecular formula is C15H20O4. The molecule has 0 aromatic carbocycles. The highest BCUT2D eigenvalue weighted by molar-refractivity contribution is 5.77. The normalized spacial score (nSPS) is 33.9. The van der Waals surface area contributed by atoms with E-state index in [1.807, 2.05) is 12.1 Å². The second kappa shape index (κ2) is 5.37. The third kappa shape index (κ3) is 2.84. The van der Waals surface area contributed by atoms with Gasteiger partial charge in [0.05, 0.1) is 18.3 Å². The fourth-order valence-electron chi connectivity index (χ4n) is 2.95. The van der Waals surface area contributed by atoms with E-state index in [9.17, 15) is 4.79 Å². The number of furan rings is 1. The Hall–Kier alpha value is -1.29. The van der Waals surface area contributed by atoms with Crippen molar-refractivity contribution in [2.75, 3.05) is 7.11 Å². The van der Waals surface area contributed by atoms with Crippen molar-refractivity contribution in [1.82, 2.24) is 0 Å². The van der Waals surface area contributed by atoms with E-state index in [1.165, 1.54) is 0 Å². The Morgan fingerprint density at radius 3 is 2.89 bits per heavy atom. The van der Waals surface area contributed by atoms with Crippen LogP contribution in [0.4, 0.5) is 0 Å². The first-order chi connectivity index (χ1) is 9.28. The van der Waals surface area contributed by atoms with E-state index in [1.54, 1.807) is 13.4 Å². The van der Waals surface area contributed by atoms with Crippen molar-refractivity contribution < 1.29 is 18.7 Å². The summed E-state index contributed by atoms with van der Waals surface area (Å²) >= 11 is 0. The molecule has 0 spiro atoms. The predicted molar refractivity (Wildman–Crippen MR) is 68.7 cm³/mol. The second-order valence-electron chi connectivity index (χ2n) is 5.55. The summed E-state index contributed by atoms with van der Waals surface area (Å²) in [5.74, 6) is 1.06. The summed E-state index contributed by atoms with van der Waals surface area (Å²) in [7, 11) is 1.72. The van der Waals surface area contributed by atoms with E-state index < -0.39 is 0 Å². The molecule has 0 bridgehead atoms. The van der Waals surface area contributed by atoms with Crippen LogP contribution >= 0.6 is 0 Å². The van der Waals surface area contributed by atoms with Crippen LogP contribution < -0.4 is 0 Å². The number of ether oxygens (including phenoxy) is 2. The molecule has 2 saturated carbocycles. The van der Waals surface area contributed by atoms with Crippen LogP contribution in [-0.4, -0.2) is 25.3 Å². The van der Waals surface area contributed by atoms with Crippen LogP contribution in [0.3, 0.4) is 0 Å². The minimum atomic E-state index is -0.0665. The molecule has 0 amide bonds. The lowest BCUT2D eigenvalue weighted by Gasteiger charge is -2.27. The Morgan fingerprint density at radius 1 is 1.32 bits per heavy atom. The number of hydrogen-bond donors (Lipinski definition) is 0. The molecule has 1 heterocycles. The van der Waals surface area contributed by atoms with E-state index in [0.717, 1.165) is 37.9 Å². The van der Waals surface area contributed by atoms with E-state index in [4.69, 9.17) is 13.9 Å². The van der Waals surface area contributed by atoms with Gasteiger partial charge >= 0.3 is 5.97 Å². The Bertz CT molecular complexity index is 425. The van der Waals surface area contributed by atoms with Crippen LogP contribution in [0.1, 0.15) is 43.8 Å². The van der Waals surface area contributed by atoms with Crippen molar-refractivity contribution in [3.8, 4) is 0 Å². The number of rotatable bonds is 4. The fourth-order valence-corrected chi connectivity index (χ4v) is 2.95. The smallest absolute Gasteiger partial charge is 0.309 e. The summed E-state index contributed by atoms with van der Waals surface area (Å²) < 4.78 is 16.3. The topological polar surface area (TPSA) is 48.7 Å². The average Bonchev–Trinajstić information content (AvgIpc) is 3.05. The molecule has 2 aliphatic carbocycles. The Balaban J connectivity index is 1.50. The first-order valence-corrected chi connectivity index (χ1v) is 7.04. The van der Waals surface area contributed by atoms with Gasteiger partial charge in [-0.1, -0.05) is 0 Å². The van der Waals surface area contributed by atoms with Gasteiger partial charge in [0.15, 0.2) is 0 Å². The zero-order valence-electron chi connectivity index (χ0n) is 11.2. The van der Waals surface area contributed by atoms with Crippen molar-refractivity contribution in [2.24, 2.45) is 5.92 Å². The first-order valence-electron chi connectivity index (χ1n) is 7.04. The zero-order valence-corrected chi connectivity index (χ0v) is 11.2. The molecule has 0 N–H and O–H groups in total. The van der Waals surface area contributed by atoms with Crippen LogP contribution in [0.5, 0.6) is 0 Å². The van der Waals surface area contributed by atoms with Crippen molar-refractivity contribution in [3.63, 3.8) is 0 Å². The SMILES string of the molecule is COC1CCCC(OC(=O)C2CC2c2ccco2)C1. The molecule has 4 heteroatoms. The molecule has 1 aromatic rings. The van der Waals surface area contributed by atoms with Crippen LogP contribution in [0.25, 0.3) is 0 Å². The Morgan fingerprint density at radius 2 is 2.16 bits per heavy atom. The van der Waals surface area contributed by atoms with Crippen molar-refractivity contribution >= 4 is 5.97 Å². The summed E-state index contributed by atoms with van der Waals surface area (Å²) in [5, 5.41) is 0. The molecule has 4 unspecified atom stereocenters. The lowest BCUT2D eigenvalue weighted by molar-refractivity contribution is -0.154. The van der Waals surface area contributed by atoms with E-state index in [2.05, 4.69) is 0 Å². The third-order valence-corrected chi connectivity index (χ3v) is 4.20. The molecule has 0 radical (unpaired) electrons. The van der Waals surface area contributed by atoms with Gasteiger partial charge in [-0.05, 0) is 37.8 Å². The number of methoxy groups -OCH3 is 1. The van der Waals surface area contributed by atoms with Gasteiger partial charge in [0.2, 0.25) is 0 Å². The summed E-state index contributed by atoms with van der Waals surface area (Å²) in [6.45, 7) is 0. The van der Waals surface area contributed by atoms with Gasteiger partial charge < -0.3 is 13.9 Å². The number of esters is 1. The molecule has 1 aromatic heterocycles. The van der Waals surface area contributed by atoms with E-state index in [-0.39, 0.29) is 30.0 Å². The molecule has 4 nitrogen and oxygen atoms in total. The van der Waals surface area contributed by atoms with Gasteiger partial charge in [-0.15, -0.1) is 0 Å². The zero-order chi connectivity index (χ0) is 13.2. The maximum atomic E-state index is 12.1. The number of carbonyl (C=O) groups is 1. The highest BCUT2D eigenvalue weighted by atomic mass is 16.5. The van der Waals surface area contributed by atoms with Crippen LogP contribution in [0.15, 0.2) is 22.8 Å². The predicted octanol–water partition coefficient (Wildman–Crippen LogP) is 2.88. The molecule has 19 heavy (non-hydrogen) atoms. The molecule has 0 aliphatic heterocycles. The van der Waals surface area contributed by atoms with Gasteiger partial charge in [-0.2, -0.15) is 0 Å². The van der Waals surface area contributed by atoms with Gasteiger partial charge in [0, 0.05) is 19.4 Å². The van der Waals surface area contributed by atoms with Gasteiger partial charge in [0.1, 0.15) is 11.9 Å². The fraction of sp³-hybridized carbons (Fsp3) is 0.667. The van der Waals surface area contributed by atoms with Crippen molar-refractivity contribution in [2.45, 2.75) is 50.2 Å². The number of hydrogen-bond acceptors (Lipinski definition) is 4. The lowest BCUT2D eigenvalue weighted by Crippen LogP contribution is -2.29. The van der Waals surface area contributed by atoms with Crippen LogP contribution in [0.2, 0.25) is 0 Å². The Labute approximate surface area is 113 Å². The van der Waals surface area contributed by atoms with E-state index in [0.29, 0.717) is 0 Å². The molecule has 104 valence electrons.